The summed E-state index contributed by atoms with van der Waals surface area (Å²) < 4.78 is 11.3. The Morgan fingerprint density at radius 1 is 1.15 bits per heavy atom. The molecule has 2 N–H and O–H groups in total. The van der Waals surface area contributed by atoms with E-state index in [0.29, 0.717) is 35.0 Å². The second kappa shape index (κ2) is 11.0. The largest absolute Gasteiger partial charge is 0.455 e. The minimum Gasteiger partial charge on any atom is -0.455 e. The topological polar surface area (TPSA) is 96.2 Å². The van der Waals surface area contributed by atoms with E-state index in [2.05, 4.69) is 20.7 Å². The van der Waals surface area contributed by atoms with Crippen molar-refractivity contribution in [1.29, 1.82) is 0 Å². The molecule has 2 amide bonds. The molecule has 1 aliphatic carbocycles. The van der Waals surface area contributed by atoms with Gasteiger partial charge in [-0.1, -0.05) is 23.7 Å². The van der Waals surface area contributed by atoms with Gasteiger partial charge in [0.1, 0.15) is 5.76 Å². The molecule has 0 bridgehead atoms. The summed E-state index contributed by atoms with van der Waals surface area (Å²) in [5.74, 6) is 0.462. The van der Waals surface area contributed by atoms with E-state index in [1.54, 1.807) is 24.3 Å². The Morgan fingerprint density at radius 2 is 1.94 bits per heavy atom. The third kappa shape index (κ3) is 5.63. The van der Waals surface area contributed by atoms with Gasteiger partial charge in [0.25, 0.3) is 11.8 Å². The van der Waals surface area contributed by atoms with E-state index in [1.807, 2.05) is 6.92 Å². The van der Waals surface area contributed by atoms with Crippen LogP contribution >= 0.6 is 11.6 Å². The summed E-state index contributed by atoms with van der Waals surface area (Å²) in [6.45, 7) is 6.79. The van der Waals surface area contributed by atoms with Gasteiger partial charge in [0.15, 0.2) is 5.76 Å². The average molecular weight is 473 g/mol. The Kier molecular flexibility index (Phi) is 7.80. The Balaban J connectivity index is 1.39. The molecule has 1 aromatic carbocycles. The van der Waals surface area contributed by atoms with Gasteiger partial charge in [-0.3, -0.25) is 14.5 Å². The molecule has 0 spiro atoms. The number of carbonyl (C=O) groups is 2. The summed E-state index contributed by atoms with van der Waals surface area (Å²) >= 11 is 6.10. The van der Waals surface area contributed by atoms with Crippen LogP contribution in [-0.4, -0.2) is 61.8 Å². The predicted octanol–water partition coefficient (Wildman–Crippen LogP) is 3.16. The predicted molar refractivity (Wildman–Crippen MR) is 126 cm³/mol. The normalized spacial score (nSPS) is 17.6. The first-order valence-electron chi connectivity index (χ1n) is 11.4. The van der Waals surface area contributed by atoms with Crippen molar-refractivity contribution in [3.05, 3.63) is 57.5 Å². The minimum absolute atomic E-state index is 0.219. The number of morpholine rings is 1. The van der Waals surface area contributed by atoms with Gasteiger partial charge in [0, 0.05) is 37.2 Å². The van der Waals surface area contributed by atoms with Crippen LogP contribution in [0.3, 0.4) is 0 Å². The Morgan fingerprint density at radius 3 is 2.73 bits per heavy atom. The lowest BCUT2D eigenvalue weighted by Crippen LogP contribution is -2.38. The Labute approximate surface area is 198 Å². The van der Waals surface area contributed by atoms with E-state index in [4.69, 9.17) is 20.8 Å². The van der Waals surface area contributed by atoms with E-state index in [-0.39, 0.29) is 11.8 Å². The molecule has 1 fully saturated rings. The van der Waals surface area contributed by atoms with Crippen molar-refractivity contribution in [3.63, 3.8) is 0 Å². The molecule has 0 unspecified atom stereocenters. The molecule has 0 atom stereocenters. The summed E-state index contributed by atoms with van der Waals surface area (Å²) in [7, 11) is 0. The van der Waals surface area contributed by atoms with Crippen LogP contribution in [0.15, 0.2) is 33.8 Å². The highest BCUT2D eigenvalue weighted by atomic mass is 35.5. The number of hydrogen-bond donors (Lipinski definition) is 2. The molecular weight excluding hydrogens is 444 g/mol. The third-order valence-corrected chi connectivity index (χ3v) is 6.31. The number of nitrogens with zero attached hydrogens (tertiary/aromatic N) is 2. The molecule has 176 valence electrons. The SMILES string of the molecule is Cc1c(C(=O)NCCCN2CCOCC2)oc2c1/C(=N/NC(=O)c1ccccc1Cl)CCC2. The fourth-order valence-electron chi connectivity index (χ4n) is 4.23. The zero-order valence-electron chi connectivity index (χ0n) is 18.8. The molecule has 8 nitrogen and oxygen atoms in total. The van der Waals surface area contributed by atoms with Gasteiger partial charge in [-0.25, -0.2) is 5.43 Å². The van der Waals surface area contributed by atoms with E-state index in [0.717, 1.165) is 69.0 Å². The number of hydrazone groups is 1. The number of aryl methyl sites for hydroxylation is 1. The summed E-state index contributed by atoms with van der Waals surface area (Å²) in [5, 5.41) is 7.69. The van der Waals surface area contributed by atoms with E-state index >= 15 is 0 Å². The minimum atomic E-state index is -0.375. The van der Waals surface area contributed by atoms with Crippen LogP contribution in [0, 0.1) is 6.92 Å². The van der Waals surface area contributed by atoms with Crippen LogP contribution in [0.1, 0.15) is 57.1 Å². The molecule has 33 heavy (non-hydrogen) atoms. The van der Waals surface area contributed by atoms with Gasteiger partial charge in [0.05, 0.1) is 29.5 Å². The van der Waals surface area contributed by atoms with Crippen molar-refractivity contribution >= 4 is 29.1 Å². The molecule has 2 aliphatic rings. The lowest BCUT2D eigenvalue weighted by atomic mass is 9.93. The van der Waals surface area contributed by atoms with E-state index in [1.165, 1.54) is 0 Å². The lowest BCUT2D eigenvalue weighted by molar-refractivity contribution is 0.0374. The van der Waals surface area contributed by atoms with Crippen molar-refractivity contribution in [2.45, 2.75) is 32.6 Å². The Bertz CT molecular complexity index is 1040. The standard InChI is InChI=1S/C24H29ClN4O4/c1-16-21-19(27-28-23(30)17-6-2-3-7-18(17)25)8-4-9-20(21)33-22(16)24(31)26-10-5-11-29-12-14-32-15-13-29/h2-3,6-7H,4-5,8-15H2,1H3,(H,26,31)(H,28,30)/b27-19+. The second-order valence-corrected chi connectivity index (χ2v) is 8.66. The zero-order valence-corrected chi connectivity index (χ0v) is 19.5. The van der Waals surface area contributed by atoms with Crippen molar-refractivity contribution in [3.8, 4) is 0 Å². The van der Waals surface area contributed by atoms with Crippen LogP contribution in [0.2, 0.25) is 5.02 Å². The second-order valence-electron chi connectivity index (χ2n) is 8.25. The molecule has 0 radical (unpaired) electrons. The highest BCUT2D eigenvalue weighted by Crippen LogP contribution is 2.30. The molecule has 1 saturated heterocycles. The molecule has 2 aromatic rings. The van der Waals surface area contributed by atoms with Crippen LogP contribution in [-0.2, 0) is 11.2 Å². The number of ether oxygens (including phenoxy) is 1. The maximum atomic E-state index is 12.8. The first-order chi connectivity index (χ1) is 16.0. The molecule has 2 heterocycles. The van der Waals surface area contributed by atoms with Crippen molar-refractivity contribution < 1.29 is 18.7 Å². The number of amides is 2. The van der Waals surface area contributed by atoms with Gasteiger partial charge in [0.2, 0.25) is 0 Å². The van der Waals surface area contributed by atoms with Crippen molar-refractivity contribution in [2.24, 2.45) is 5.10 Å². The number of carbonyl (C=O) groups excluding carboxylic acids is 2. The summed E-state index contributed by atoms with van der Waals surface area (Å²) in [4.78, 5) is 27.6. The summed E-state index contributed by atoms with van der Waals surface area (Å²) in [6.07, 6.45) is 3.13. The number of fused-ring (bicyclic) bond motifs is 1. The lowest BCUT2D eigenvalue weighted by Gasteiger charge is -2.26. The highest BCUT2D eigenvalue weighted by Gasteiger charge is 2.28. The smallest absolute Gasteiger partial charge is 0.287 e. The van der Waals surface area contributed by atoms with Crippen LogP contribution in [0.4, 0.5) is 0 Å². The number of nitrogens with one attached hydrogen (secondary N) is 2. The quantitative estimate of drug-likeness (QED) is 0.476. The fourth-order valence-corrected chi connectivity index (χ4v) is 4.45. The number of rotatable bonds is 7. The number of furan rings is 1. The van der Waals surface area contributed by atoms with Gasteiger partial charge < -0.3 is 14.5 Å². The molecule has 1 aromatic heterocycles. The maximum Gasteiger partial charge on any atom is 0.287 e. The monoisotopic (exact) mass is 472 g/mol. The maximum absolute atomic E-state index is 12.8. The molecule has 1 aliphatic heterocycles. The third-order valence-electron chi connectivity index (χ3n) is 5.98. The van der Waals surface area contributed by atoms with Crippen molar-refractivity contribution in [2.75, 3.05) is 39.4 Å². The van der Waals surface area contributed by atoms with Gasteiger partial charge in [-0.05, 0) is 44.9 Å². The van der Waals surface area contributed by atoms with Crippen LogP contribution in [0.25, 0.3) is 0 Å². The molecule has 9 heteroatoms. The van der Waals surface area contributed by atoms with Gasteiger partial charge in [-0.15, -0.1) is 0 Å². The number of benzene rings is 1. The van der Waals surface area contributed by atoms with Crippen molar-refractivity contribution in [1.82, 2.24) is 15.6 Å². The van der Waals surface area contributed by atoms with Gasteiger partial charge >= 0.3 is 0 Å². The average Bonchev–Trinajstić information content (AvgIpc) is 3.18. The summed E-state index contributed by atoms with van der Waals surface area (Å²) in [6, 6.07) is 6.82. The highest BCUT2D eigenvalue weighted by molar-refractivity contribution is 6.33. The first-order valence-corrected chi connectivity index (χ1v) is 11.7. The van der Waals surface area contributed by atoms with Crippen LogP contribution in [0.5, 0.6) is 0 Å². The first kappa shape index (κ1) is 23.5. The number of halogens is 1. The molecule has 4 rings (SSSR count). The fraction of sp³-hybridized carbons (Fsp3) is 0.458. The van der Waals surface area contributed by atoms with E-state index in [9.17, 15) is 9.59 Å². The zero-order chi connectivity index (χ0) is 23.2. The number of hydrogen-bond acceptors (Lipinski definition) is 6. The summed E-state index contributed by atoms with van der Waals surface area (Å²) in [5.41, 5.74) is 5.24. The molecule has 0 saturated carbocycles. The van der Waals surface area contributed by atoms with Gasteiger partial charge in [-0.2, -0.15) is 5.10 Å². The van der Waals surface area contributed by atoms with Crippen LogP contribution < -0.4 is 10.7 Å². The molecular formula is C24H29ClN4O4. The van der Waals surface area contributed by atoms with E-state index < -0.39 is 0 Å². The Hall–Kier alpha value is -2.68.